The first-order valence-corrected chi connectivity index (χ1v) is 6.18. The summed E-state index contributed by atoms with van der Waals surface area (Å²) in [6.07, 6.45) is 1.10. The van der Waals surface area contributed by atoms with Crippen LogP contribution < -0.4 is 4.74 Å². The largest absolute Gasteiger partial charge is 0.504 e. The van der Waals surface area contributed by atoms with Gasteiger partial charge in [0.25, 0.3) is 0 Å². The van der Waals surface area contributed by atoms with Crippen molar-refractivity contribution in [1.82, 2.24) is 0 Å². The fraction of sp³-hybridized carbons (Fsp3) is 0.417. The van der Waals surface area contributed by atoms with E-state index in [0.717, 1.165) is 6.07 Å². The Morgan fingerprint density at radius 2 is 2.22 bits per heavy atom. The number of rotatable bonds is 4. The van der Waals surface area contributed by atoms with Gasteiger partial charge >= 0.3 is 5.97 Å². The minimum atomic E-state index is -0.967. The topological polar surface area (TPSA) is 66.8 Å². The van der Waals surface area contributed by atoms with Crippen molar-refractivity contribution in [2.45, 2.75) is 24.7 Å². The molecule has 1 fully saturated rings. The number of halogens is 2. The highest BCUT2D eigenvalue weighted by Gasteiger charge is 2.49. The van der Waals surface area contributed by atoms with Gasteiger partial charge in [0.1, 0.15) is 5.82 Å². The first-order valence-electron chi connectivity index (χ1n) is 5.38. The van der Waals surface area contributed by atoms with E-state index in [1.165, 1.54) is 7.11 Å². The molecular weight excluding hydrogens is 307 g/mol. The number of benzene rings is 1. The molecule has 1 aliphatic rings. The molecule has 2 N–H and O–H groups in total. The summed E-state index contributed by atoms with van der Waals surface area (Å²) in [5.41, 5.74) is -0.407. The molecule has 1 aromatic carbocycles. The molecule has 1 aliphatic carbocycles. The van der Waals surface area contributed by atoms with E-state index in [0.29, 0.717) is 17.3 Å². The highest BCUT2D eigenvalue weighted by Crippen LogP contribution is 2.56. The van der Waals surface area contributed by atoms with E-state index in [4.69, 9.17) is 9.84 Å². The van der Waals surface area contributed by atoms with E-state index in [-0.39, 0.29) is 23.5 Å². The zero-order valence-electron chi connectivity index (χ0n) is 9.67. The van der Waals surface area contributed by atoms with Gasteiger partial charge in [-0.3, -0.25) is 4.79 Å². The van der Waals surface area contributed by atoms with E-state index >= 15 is 0 Å². The van der Waals surface area contributed by atoms with Crippen LogP contribution in [0.2, 0.25) is 0 Å². The highest BCUT2D eigenvalue weighted by atomic mass is 79.9. The molecular formula is C12H12BrFO4. The van der Waals surface area contributed by atoms with E-state index in [9.17, 15) is 14.3 Å². The van der Waals surface area contributed by atoms with Crippen LogP contribution in [0.15, 0.2) is 10.5 Å². The van der Waals surface area contributed by atoms with E-state index in [1.807, 2.05) is 0 Å². The van der Waals surface area contributed by atoms with Crippen LogP contribution >= 0.6 is 15.9 Å². The summed E-state index contributed by atoms with van der Waals surface area (Å²) >= 11 is 3.19. The second-order valence-electron chi connectivity index (χ2n) is 4.45. The predicted octanol–water partition coefficient (Wildman–Crippen LogP) is 2.81. The third-order valence-corrected chi connectivity index (χ3v) is 3.99. The quantitative estimate of drug-likeness (QED) is 0.895. The van der Waals surface area contributed by atoms with Crippen LogP contribution in [0.1, 0.15) is 24.8 Å². The van der Waals surface area contributed by atoms with Gasteiger partial charge in [0.15, 0.2) is 11.5 Å². The van der Waals surface area contributed by atoms with Crippen molar-refractivity contribution < 1.29 is 24.1 Å². The second-order valence-corrected chi connectivity index (χ2v) is 5.24. The maximum atomic E-state index is 14.0. The number of carbonyl (C=O) groups is 1. The van der Waals surface area contributed by atoms with Gasteiger partial charge in [-0.15, -0.1) is 0 Å². The Bertz CT molecular complexity index is 511. The summed E-state index contributed by atoms with van der Waals surface area (Å²) in [5.74, 6) is -1.76. The Kier molecular flexibility index (Phi) is 3.23. The Morgan fingerprint density at radius 1 is 1.61 bits per heavy atom. The lowest BCUT2D eigenvalue weighted by Gasteiger charge is -2.18. The predicted molar refractivity (Wildman–Crippen MR) is 65.5 cm³/mol. The van der Waals surface area contributed by atoms with Crippen molar-refractivity contribution >= 4 is 21.9 Å². The van der Waals surface area contributed by atoms with Gasteiger partial charge < -0.3 is 14.9 Å². The van der Waals surface area contributed by atoms with Crippen LogP contribution in [0, 0.1) is 5.82 Å². The summed E-state index contributed by atoms with van der Waals surface area (Å²) in [7, 11) is 1.36. The number of phenolic OH excluding ortho intramolecular Hbond substituents is 1. The number of aromatic hydroxyl groups is 1. The molecule has 2 rings (SSSR count). The molecule has 0 amide bonds. The Morgan fingerprint density at radius 3 is 2.67 bits per heavy atom. The molecule has 0 aliphatic heterocycles. The fourth-order valence-electron chi connectivity index (χ4n) is 2.22. The average Bonchev–Trinajstić information content (AvgIpc) is 2.96. The van der Waals surface area contributed by atoms with Gasteiger partial charge in [0, 0.05) is 17.0 Å². The minimum absolute atomic E-state index is 0.128. The molecule has 0 heterocycles. The van der Waals surface area contributed by atoms with Gasteiger partial charge in [-0.25, -0.2) is 4.39 Å². The maximum absolute atomic E-state index is 14.0. The molecule has 1 aromatic rings. The number of hydrogen-bond acceptors (Lipinski definition) is 3. The summed E-state index contributed by atoms with van der Waals surface area (Å²) < 4.78 is 19.3. The first kappa shape index (κ1) is 13.1. The summed E-state index contributed by atoms with van der Waals surface area (Å²) in [6, 6.07) is 0.959. The van der Waals surface area contributed by atoms with Gasteiger partial charge in [-0.2, -0.15) is 0 Å². The maximum Gasteiger partial charge on any atom is 0.304 e. The zero-order valence-corrected chi connectivity index (χ0v) is 11.3. The summed E-state index contributed by atoms with van der Waals surface area (Å²) in [5, 5.41) is 18.4. The number of methoxy groups -OCH3 is 1. The zero-order chi connectivity index (χ0) is 13.5. The smallest absolute Gasteiger partial charge is 0.304 e. The molecule has 0 unspecified atom stereocenters. The molecule has 0 spiro atoms. The number of carboxylic acid groups (broad SMARTS) is 1. The van der Waals surface area contributed by atoms with Crippen LogP contribution in [0.3, 0.4) is 0 Å². The molecule has 0 radical (unpaired) electrons. The van der Waals surface area contributed by atoms with E-state index < -0.39 is 17.2 Å². The second kappa shape index (κ2) is 4.42. The van der Waals surface area contributed by atoms with Gasteiger partial charge in [-0.05, 0) is 28.8 Å². The molecule has 0 saturated heterocycles. The average molecular weight is 319 g/mol. The minimum Gasteiger partial charge on any atom is -0.504 e. The Labute approximate surface area is 112 Å². The van der Waals surface area contributed by atoms with Crippen LogP contribution in [0.4, 0.5) is 4.39 Å². The molecule has 4 nitrogen and oxygen atoms in total. The number of ether oxygens (including phenoxy) is 1. The van der Waals surface area contributed by atoms with Crippen molar-refractivity contribution in [3.8, 4) is 11.5 Å². The van der Waals surface area contributed by atoms with E-state index in [1.54, 1.807) is 0 Å². The Balaban J connectivity index is 2.54. The van der Waals surface area contributed by atoms with Crippen molar-refractivity contribution in [2.75, 3.05) is 7.11 Å². The molecule has 6 heteroatoms. The molecule has 0 bridgehead atoms. The summed E-state index contributed by atoms with van der Waals surface area (Å²) in [6.45, 7) is 0. The van der Waals surface area contributed by atoms with Gasteiger partial charge in [-0.1, -0.05) is 0 Å². The number of hydrogen-bond donors (Lipinski definition) is 2. The third-order valence-electron chi connectivity index (χ3n) is 3.23. The molecule has 18 heavy (non-hydrogen) atoms. The van der Waals surface area contributed by atoms with Gasteiger partial charge in [0.05, 0.1) is 18.0 Å². The lowest BCUT2D eigenvalue weighted by Crippen LogP contribution is -2.16. The standard InChI is InChI=1S/C12H12BrFO4/c1-18-11-7(15)4-6(14)9(10(11)13)12(2-3-12)5-8(16)17/h4,15H,2-3,5H2,1H3,(H,16,17). The van der Waals surface area contributed by atoms with Crippen molar-refractivity contribution in [1.29, 1.82) is 0 Å². The highest BCUT2D eigenvalue weighted by molar-refractivity contribution is 9.10. The molecule has 98 valence electrons. The van der Waals surface area contributed by atoms with Crippen molar-refractivity contribution in [2.24, 2.45) is 0 Å². The molecule has 1 saturated carbocycles. The normalized spacial score (nSPS) is 16.4. The van der Waals surface area contributed by atoms with Crippen LogP contribution in [-0.4, -0.2) is 23.3 Å². The lowest BCUT2D eigenvalue weighted by atomic mass is 9.91. The third kappa shape index (κ3) is 2.05. The van der Waals surface area contributed by atoms with Crippen molar-refractivity contribution in [3.05, 3.63) is 21.9 Å². The SMILES string of the molecule is COc1c(O)cc(F)c(C2(CC(=O)O)CC2)c1Br. The van der Waals surface area contributed by atoms with E-state index in [2.05, 4.69) is 15.9 Å². The van der Waals surface area contributed by atoms with Gasteiger partial charge in [0.2, 0.25) is 0 Å². The molecule has 0 atom stereocenters. The number of phenols is 1. The number of aliphatic carboxylic acids is 1. The first-order chi connectivity index (χ1) is 8.41. The van der Waals surface area contributed by atoms with Crippen LogP contribution in [0.5, 0.6) is 11.5 Å². The number of carboxylic acids is 1. The van der Waals surface area contributed by atoms with Crippen LogP contribution in [0.25, 0.3) is 0 Å². The van der Waals surface area contributed by atoms with Crippen molar-refractivity contribution in [3.63, 3.8) is 0 Å². The summed E-state index contributed by atoms with van der Waals surface area (Å²) in [4.78, 5) is 10.9. The lowest BCUT2D eigenvalue weighted by molar-refractivity contribution is -0.137. The molecule has 0 aromatic heterocycles. The van der Waals surface area contributed by atoms with Crippen LogP contribution in [-0.2, 0) is 10.2 Å². The monoisotopic (exact) mass is 318 g/mol. The fourth-order valence-corrected chi connectivity index (χ4v) is 3.20. The Hall–Kier alpha value is -1.30.